The summed E-state index contributed by atoms with van der Waals surface area (Å²) in [6.07, 6.45) is 0.0186. The smallest absolute Gasteiger partial charge is 0.246 e. The van der Waals surface area contributed by atoms with Crippen molar-refractivity contribution < 1.29 is 12.8 Å². The lowest BCUT2D eigenvalue weighted by Crippen LogP contribution is -2.32. The topological polar surface area (TPSA) is 87.2 Å². The fourth-order valence-corrected chi connectivity index (χ4v) is 3.40. The average molecular weight is 306 g/mol. The molecule has 0 heterocycles. The van der Waals surface area contributed by atoms with Crippen LogP contribution in [0.25, 0.3) is 0 Å². The van der Waals surface area contributed by atoms with E-state index in [0.717, 1.165) is 16.4 Å². The first kappa shape index (κ1) is 15.7. The monoisotopic (exact) mass is 305 g/mol. The molecular weight excluding hydrogens is 293 g/mol. The van der Waals surface area contributed by atoms with E-state index in [0.29, 0.717) is 0 Å². The number of hydrogen-bond donors (Lipinski definition) is 1. The van der Waals surface area contributed by atoms with Crippen LogP contribution >= 0.6 is 11.6 Å². The molecule has 0 spiro atoms. The average Bonchev–Trinajstić information content (AvgIpc) is 2.34. The van der Waals surface area contributed by atoms with Crippen LogP contribution in [0.1, 0.15) is 13.3 Å². The number of hydrogen-bond acceptors (Lipinski definition) is 4. The summed E-state index contributed by atoms with van der Waals surface area (Å²) >= 11 is 5.70. The largest absolute Gasteiger partial charge is 0.396 e. The molecule has 0 radical (unpaired) electrons. The number of anilines is 1. The van der Waals surface area contributed by atoms with Gasteiger partial charge in [0, 0.05) is 24.5 Å². The molecule has 8 heteroatoms. The number of sulfonamides is 1. The fourth-order valence-electron chi connectivity index (χ4n) is 1.53. The highest BCUT2D eigenvalue weighted by Gasteiger charge is 2.27. The lowest BCUT2D eigenvalue weighted by Gasteiger charge is -2.20. The Kier molecular flexibility index (Phi) is 5.11. The van der Waals surface area contributed by atoms with E-state index in [2.05, 4.69) is 0 Å². The van der Waals surface area contributed by atoms with E-state index in [1.165, 1.54) is 0 Å². The van der Waals surface area contributed by atoms with Crippen molar-refractivity contribution in [2.75, 3.05) is 18.8 Å². The second kappa shape index (κ2) is 6.19. The van der Waals surface area contributed by atoms with Gasteiger partial charge in [-0.15, -0.1) is 0 Å². The van der Waals surface area contributed by atoms with Crippen molar-refractivity contribution in [3.63, 3.8) is 0 Å². The van der Waals surface area contributed by atoms with Crippen LogP contribution in [0.4, 0.5) is 10.1 Å². The first-order chi connectivity index (χ1) is 8.84. The van der Waals surface area contributed by atoms with Crippen LogP contribution in [-0.2, 0) is 10.0 Å². The Bertz CT molecular complexity index is 613. The molecule has 0 aliphatic heterocycles. The van der Waals surface area contributed by atoms with Crippen LogP contribution in [0.3, 0.4) is 0 Å². The summed E-state index contributed by atoms with van der Waals surface area (Å²) in [6.45, 7) is 1.71. The number of nitrogens with zero attached hydrogens (tertiary/aromatic N) is 2. The van der Waals surface area contributed by atoms with E-state index in [1.807, 2.05) is 6.07 Å². The molecule has 2 N–H and O–H groups in total. The third-order valence-corrected chi connectivity index (χ3v) is 4.67. The highest BCUT2D eigenvalue weighted by Crippen LogP contribution is 2.27. The number of nitrogen functional groups attached to an aromatic ring is 1. The van der Waals surface area contributed by atoms with E-state index in [-0.39, 0.29) is 30.2 Å². The van der Waals surface area contributed by atoms with E-state index in [9.17, 15) is 12.8 Å². The molecule has 0 saturated heterocycles. The van der Waals surface area contributed by atoms with Crippen molar-refractivity contribution in [1.82, 2.24) is 4.31 Å². The maximum Gasteiger partial charge on any atom is 0.246 e. The van der Waals surface area contributed by atoms with Gasteiger partial charge in [0.1, 0.15) is 4.90 Å². The Morgan fingerprint density at radius 3 is 2.68 bits per heavy atom. The number of halogens is 2. The number of rotatable bonds is 5. The lowest BCUT2D eigenvalue weighted by molar-refractivity contribution is 0.430. The summed E-state index contributed by atoms with van der Waals surface area (Å²) in [4.78, 5) is -0.572. The minimum absolute atomic E-state index is 0.0127. The van der Waals surface area contributed by atoms with E-state index in [4.69, 9.17) is 22.6 Å². The number of nitrogens with two attached hydrogens (primary N) is 1. The van der Waals surface area contributed by atoms with Crippen molar-refractivity contribution in [1.29, 1.82) is 5.26 Å². The van der Waals surface area contributed by atoms with E-state index in [1.54, 1.807) is 6.92 Å². The van der Waals surface area contributed by atoms with Gasteiger partial charge in [-0.3, -0.25) is 0 Å². The molecular formula is C11H13ClFN3O2S. The predicted octanol–water partition coefficient (Wildman–Crippen LogP) is 1.99. The summed E-state index contributed by atoms with van der Waals surface area (Å²) in [5.74, 6) is -1.03. The highest BCUT2D eigenvalue weighted by atomic mass is 35.5. The molecule has 0 aromatic heterocycles. The number of nitriles is 1. The van der Waals surface area contributed by atoms with Crippen LogP contribution in [0.5, 0.6) is 0 Å². The van der Waals surface area contributed by atoms with Crippen LogP contribution in [0.15, 0.2) is 17.0 Å². The molecule has 0 aliphatic carbocycles. The number of benzene rings is 1. The molecule has 0 bridgehead atoms. The van der Waals surface area contributed by atoms with Gasteiger partial charge in [-0.2, -0.15) is 9.57 Å². The zero-order chi connectivity index (χ0) is 14.6. The molecule has 0 unspecified atom stereocenters. The highest BCUT2D eigenvalue weighted by molar-refractivity contribution is 7.89. The molecule has 104 valence electrons. The van der Waals surface area contributed by atoms with Gasteiger partial charge in [-0.25, -0.2) is 12.8 Å². The Hall–Kier alpha value is -1.36. The minimum Gasteiger partial charge on any atom is -0.396 e. The maximum atomic E-state index is 13.8. The fraction of sp³-hybridized carbons (Fsp3) is 0.364. The molecule has 19 heavy (non-hydrogen) atoms. The third kappa shape index (κ3) is 3.35. The molecule has 5 nitrogen and oxygen atoms in total. The van der Waals surface area contributed by atoms with Crippen LogP contribution < -0.4 is 5.73 Å². The Morgan fingerprint density at radius 1 is 1.53 bits per heavy atom. The second-order valence-corrected chi connectivity index (χ2v) is 6.05. The summed E-state index contributed by atoms with van der Waals surface area (Å²) in [5.41, 5.74) is 5.03. The summed E-state index contributed by atoms with van der Waals surface area (Å²) in [6, 6.07) is 3.99. The normalized spacial score (nSPS) is 11.5. The maximum absolute atomic E-state index is 13.8. The molecule has 0 amide bonds. The van der Waals surface area contributed by atoms with Gasteiger partial charge in [0.2, 0.25) is 10.0 Å². The van der Waals surface area contributed by atoms with Gasteiger partial charge in [-0.1, -0.05) is 18.5 Å². The Morgan fingerprint density at radius 2 is 2.16 bits per heavy atom. The van der Waals surface area contributed by atoms with E-state index >= 15 is 0 Å². The third-order valence-electron chi connectivity index (χ3n) is 2.48. The van der Waals surface area contributed by atoms with Gasteiger partial charge in [-0.05, 0) is 12.1 Å². The lowest BCUT2D eigenvalue weighted by atomic mass is 10.3. The molecule has 0 fully saturated rings. The zero-order valence-corrected chi connectivity index (χ0v) is 11.8. The molecule has 1 aromatic carbocycles. The van der Waals surface area contributed by atoms with Crippen molar-refractivity contribution in [2.45, 2.75) is 18.2 Å². The molecule has 0 saturated carbocycles. The van der Waals surface area contributed by atoms with Gasteiger partial charge in [0.25, 0.3) is 0 Å². The van der Waals surface area contributed by atoms with Crippen molar-refractivity contribution >= 4 is 27.3 Å². The second-order valence-electron chi connectivity index (χ2n) is 3.71. The first-order valence-electron chi connectivity index (χ1n) is 5.46. The molecule has 0 aliphatic rings. The van der Waals surface area contributed by atoms with Crippen LogP contribution in [-0.4, -0.2) is 25.8 Å². The van der Waals surface area contributed by atoms with Gasteiger partial charge >= 0.3 is 0 Å². The SMILES string of the molecule is CCN(CCC#N)S(=O)(=O)c1cc(Cl)cc(N)c1F. The van der Waals surface area contributed by atoms with Crippen molar-refractivity contribution in [3.8, 4) is 6.07 Å². The molecule has 1 rings (SSSR count). The van der Waals surface area contributed by atoms with E-state index < -0.39 is 20.7 Å². The Labute approximate surface area is 116 Å². The zero-order valence-electron chi connectivity index (χ0n) is 10.2. The van der Waals surface area contributed by atoms with Gasteiger partial charge in [0.05, 0.1) is 11.8 Å². The minimum atomic E-state index is -4.06. The van der Waals surface area contributed by atoms with Crippen molar-refractivity contribution in [2.24, 2.45) is 0 Å². The summed E-state index contributed by atoms with van der Waals surface area (Å²) in [5, 5.41) is 8.54. The molecule has 1 aromatic rings. The quantitative estimate of drug-likeness (QED) is 0.843. The van der Waals surface area contributed by atoms with Crippen molar-refractivity contribution in [3.05, 3.63) is 23.0 Å². The van der Waals surface area contributed by atoms with Crippen LogP contribution in [0, 0.1) is 17.1 Å². The predicted molar refractivity (Wildman–Crippen MR) is 70.5 cm³/mol. The summed E-state index contributed by atoms with van der Waals surface area (Å²) in [7, 11) is -4.06. The Balaban J connectivity index is 3.30. The first-order valence-corrected chi connectivity index (χ1v) is 7.28. The standard InChI is InChI=1S/C11H13ClFN3O2S/c1-2-16(5-3-4-14)19(17,18)10-7-8(12)6-9(15)11(10)13/h6-7H,2-3,5,15H2,1H3. The molecule has 0 atom stereocenters. The van der Waals surface area contributed by atoms with Gasteiger partial charge < -0.3 is 5.73 Å². The summed E-state index contributed by atoms with van der Waals surface area (Å²) < 4.78 is 39.4. The van der Waals surface area contributed by atoms with Crippen LogP contribution in [0.2, 0.25) is 5.02 Å². The van der Waals surface area contributed by atoms with Gasteiger partial charge in [0.15, 0.2) is 5.82 Å².